The van der Waals surface area contributed by atoms with Crippen molar-refractivity contribution < 1.29 is 14.3 Å². The van der Waals surface area contributed by atoms with Gasteiger partial charge in [0.25, 0.3) is 0 Å². The molecule has 2 heterocycles. The summed E-state index contributed by atoms with van der Waals surface area (Å²) in [7, 11) is 0. The van der Waals surface area contributed by atoms with E-state index < -0.39 is 5.97 Å². The average molecular weight is 198 g/mol. The van der Waals surface area contributed by atoms with Gasteiger partial charge in [0.2, 0.25) is 11.5 Å². The van der Waals surface area contributed by atoms with Crippen molar-refractivity contribution in [1.29, 1.82) is 0 Å². The maximum absolute atomic E-state index is 10.6. The zero-order chi connectivity index (χ0) is 9.42. The molecule has 0 spiro atoms. The largest absolute Gasteiger partial charge is 0.475 e. The van der Waals surface area contributed by atoms with Crippen LogP contribution in [0.15, 0.2) is 22.7 Å². The molecule has 0 atom stereocenters. The van der Waals surface area contributed by atoms with Gasteiger partial charge in [-0.05, 0) is 12.1 Å². The van der Waals surface area contributed by atoms with E-state index in [4.69, 9.17) is 21.1 Å². The summed E-state index contributed by atoms with van der Waals surface area (Å²) < 4.78 is 4.92. The third kappa shape index (κ3) is 1.15. The highest BCUT2D eigenvalue weighted by Gasteiger charge is 2.18. The maximum Gasteiger partial charge on any atom is 0.373 e. The Hall–Kier alpha value is -1.55. The number of furan rings is 1. The maximum atomic E-state index is 10.6. The van der Waals surface area contributed by atoms with Crippen molar-refractivity contribution in [2.45, 2.75) is 0 Å². The van der Waals surface area contributed by atoms with Crippen molar-refractivity contribution in [2.24, 2.45) is 0 Å². The van der Waals surface area contributed by atoms with Gasteiger partial charge in [-0.2, -0.15) is 0 Å². The first kappa shape index (κ1) is 8.07. The molecule has 13 heavy (non-hydrogen) atoms. The fourth-order valence-electron chi connectivity index (χ4n) is 1.04. The lowest BCUT2D eigenvalue weighted by Crippen LogP contribution is -1.93. The Kier molecular flexibility index (Phi) is 1.70. The molecule has 0 saturated carbocycles. The van der Waals surface area contributed by atoms with Crippen LogP contribution in [0, 0.1) is 0 Å². The summed E-state index contributed by atoms with van der Waals surface area (Å²) in [5.41, 5.74) is 0.241. The van der Waals surface area contributed by atoms with Gasteiger partial charge in [-0.1, -0.05) is 11.6 Å². The minimum Gasteiger partial charge on any atom is -0.475 e. The molecule has 0 aliphatic heterocycles. The number of fused-ring (bicyclic) bond motifs is 1. The molecule has 66 valence electrons. The number of carbonyl (C=O) groups is 1. The third-order valence-electron chi connectivity index (χ3n) is 1.60. The summed E-state index contributed by atoms with van der Waals surface area (Å²) in [6.07, 6.45) is 1.51. The minimum absolute atomic E-state index is 0.0931. The predicted octanol–water partition coefficient (Wildman–Crippen LogP) is 2.18. The van der Waals surface area contributed by atoms with Gasteiger partial charge in [0.15, 0.2) is 0 Å². The lowest BCUT2D eigenvalue weighted by Gasteiger charge is -1.84. The molecule has 2 aromatic rings. The van der Waals surface area contributed by atoms with E-state index in [1.165, 1.54) is 6.20 Å². The van der Waals surface area contributed by atoms with Crippen molar-refractivity contribution in [3.05, 3.63) is 29.1 Å². The van der Waals surface area contributed by atoms with Gasteiger partial charge in [-0.25, -0.2) is 9.78 Å². The molecule has 0 fully saturated rings. The Balaban J connectivity index is 2.81. The van der Waals surface area contributed by atoms with Crippen LogP contribution in [-0.2, 0) is 0 Å². The molecule has 1 N–H and O–H groups in total. The van der Waals surface area contributed by atoms with Crippen molar-refractivity contribution in [2.75, 3.05) is 0 Å². The minimum atomic E-state index is -1.19. The molecule has 2 rings (SSSR count). The fraction of sp³-hybridized carbons (Fsp3) is 0. The summed E-state index contributed by atoms with van der Waals surface area (Å²) in [6, 6.07) is 3.32. The highest BCUT2D eigenvalue weighted by atomic mass is 35.5. The normalized spacial score (nSPS) is 10.5. The van der Waals surface area contributed by atoms with Crippen LogP contribution in [0.3, 0.4) is 0 Å². The number of carboxylic acids is 1. The second-order valence-corrected chi connectivity index (χ2v) is 2.78. The summed E-state index contributed by atoms with van der Waals surface area (Å²) in [5, 5.41) is 9.27. The molecule has 0 aliphatic rings. The molecule has 5 heteroatoms. The molecule has 0 aliphatic carbocycles. The molecule has 2 aromatic heterocycles. The number of hydrogen-bond donors (Lipinski definition) is 1. The number of carboxylic acid groups (broad SMARTS) is 1. The smallest absolute Gasteiger partial charge is 0.373 e. The number of halogens is 1. The van der Waals surface area contributed by atoms with E-state index in [1.807, 2.05) is 0 Å². The summed E-state index contributed by atoms with van der Waals surface area (Å²) >= 11 is 5.74. The van der Waals surface area contributed by atoms with Crippen LogP contribution >= 0.6 is 11.6 Å². The average Bonchev–Trinajstić information content (AvgIpc) is 2.45. The first-order valence-corrected chi connectivity index (χ1v) is 3.84. The van der Waals surface area contributed by atoms with Gasteiger partial charge in [0.05, 0.1) is 5.39 Å². The van der Waals surface area contributed by atoms with E-state index in [0.29, 0.717) is 5.39 Å². The summed E-state index contributed by atoms with van der Waals surface area (Å²) in [5.74, 6) is -1.46. The summed E-state index contributed by atoms with van der Waals surface area (Å²) in [6.45, 7) is 0. The number of rotatable bonds is 1. The van der Waals surface area contributed by atoms with Crippen LogP contribution in [0.25, 0.3) is 11.1 Å². The number of aromatic carboxylic acids is 1. The molecular formula is C8H4ClNO3. The summed E-state index contributed by atoms with van der Waals surface area (Å²) in [4.78, 5) is 14.4. The molecule has 0 amide bonds. The second kappa shape index (κ2) is 2.74. The first-order valence-electron chi connectivity index (χ1n) is 3.46. The van der Waals surface area contributed by atoms with E-state index in [0.717, 1.165) is 0 Å². The van der Waals surface area contributed by atoms with Crippen LogP contribution in [0.2, 0.25) is 5.02 Å². The first-order chi connectivity index (χ1) is 6.20. The van der Waals surface area contributed by atoms with Crippen molar-refractivity contribution in [1.82, 2.24) is 4.98 Å². The molecule has 4 nitrogen and oxygen atoms in total. The fourth-order valence-corrected chi connectivity index (χ4v) is 1.30. The van der Waals surface area contributed by atoms with E-state index in [-0.39, 0.29) is 16.5 Å². The molecular weight excluding hydrogens is 194 g/mol. The van der Waals surface area contributed by atoms with Gasteiger partial charge < -0.3 is 9.52 Å². The number of hydrogen-bond acceptors (Lipinski definition) is 3. The Morgan fingerprint density at radius 1 is 1.62 bits per heavy atom. The molecule has 0 saturated heterocycles. The second-order valence-electron chi connectivity index (χ2n) is 2.41. The van der Waals surface area contributed by atoms with Crippen LogP contribution < -0.4 is 0 Å². The quantitative estimate of drug-likeness (QED) is 0.761. The number of pyridine rings is 1. The predicted molar refractivity (Wildman–Crippen MR) is 46.0 cm³/mol. The van der Waals surface area contributed by atoms with Gasteiger partial charge >= 0.3 is 5.97 Å². The number of nitrogens with zero attached hydrogens (tertiary/aromatic N) is 1. The Morgan fingerprint density at radius 2 is 2.38 bits per heavy atom. The monoisotopic (exact) mass is 197 g/mol. The molecule has 0 aromatic carbocycles. The molecule has 0 bridgehead atoms. The van der Waals surface area contributed by atoms with Crippen LogP contribution in [0.4, 0.5) is 0 Å². The Bertz CT molecular complexity index is 477. The zero-order valence-electron chi connectivity index (χ0n) is 6.32. The van der Waals surface area contributed by atoms with Crippen LogP contribution in [-0.4, -0.2) is 16.1 Å². The van der Waals surface area contributed by atoms with E-state index >= 15 is 0 Å². The van der Waals surface area contributed by atoms with E-state index in [9.17, 15) is 4.79 Å². The van der Waals surface area contributed by atoms with E-state index in [1.54, 1.807) is 12.1 Å². The Labute approximate surface area is 77.8 Å². The highest BCUT2D eigenvalue weighted by Crippen LogP contribution is 2.28. The Morgan fingerprint density at radius 3 is 3.00 bits per heavy atom. The van der Waals surface area contributed by atoms with Gasteiger partial charge in [-0.3, -0.25) is 0 Å². The standard InChI is InChI=1S/C8H4ClNO3/c9-5-4-2-1-3-10-7(4)13-6(5)8(11)12/h1-3H,(H,11,12). The molecule has 0 radical (unpaired) electrons. The zero-order valence-corrected chi connectivity index (χ0v) is 7.08. The van der Waals surface area contributed by atoms with Crippen molar-refractivity contribution in [3.8, 4) is 0 Å². The van der Waals surface area contributed by atoms with Gasteiger partial charge in [0, 0.05) is 6.20 Å². The van der Waals surface area contributed by atoms with Crippen LogP contribution in [0.5, 0.6) is 0 Å². The molecule has 0 unspecified atom stereocenters. The van der Waals surface area contributed by atoms with E-state index in [2.05, 4.69) is 4.98 Å². The number of aromatic nitrogens is 1. The highest BCUT2D eigenvalue weighted by molar-refractivity contribution is 6.37. The van der Waals surface area contributed by atoms with Crippen molar-refractivity contribution >= 4 is 28.7 Å². The SMILES string of the molecule is O=C(O)c1oc2ncccc2c1Cl. The topological polar surface area (TPSA) is 63.3 Å². The van der Waals surface area contributed by atoms with Crippen LogP contribution in [0.1, 0.15) is 10.6 Å². The third-order valence-corrected chi connectivity index (χ3v) is 1.98. The van der Waals surface area contributed by atoms with Gasteiger partial charge in [-0.15, -0.1) is 0 Å². The lowest BCUT2D eigenvalue weighted by molar-refractivity contribution is 0.0665. The lowest BCUT2D eigenvalue weighted by atomic mass is 10.3. The van der Waals surface area contributed by atoms with Crippen molar-refractivity contribution in [3.63, 3.8) is 0 Å². The van der Waals surface area contributed by atoms with Gasteiger partial charge in [0.1, 0.15) is 5.02 Å².